The fraction of sp³-hybridized carbons (Fsp3) is 0.455. The van der Waals surface area contributed by atoms with E-state index in [4.69, 9.17) is 9.47 Å². The van der Waals surface area contributed by atoms with Crippen molar-refractivity contribution in [3.8, 4) is 5.75 Å². The predicted molar refractivity (Wildman–Crippen MR) is 115 cm³/mol. The van der Waals surface area contributed by atoms with Gasteiger partial charge in [-0.2, -0.15) is 0 Å². The minimum atomic E-state index is -0.509. The molecule has 0 atom stereocenters. The first-order valence-electron chi connectivity index (χ1n) is 9.80. The highest BCUT2D eigenvalue weighted by Gasteiger charge is 2.28. The molecule has 0 spiro atoms. The number of carbonyl (C=O) groups excluding carboxylic acids is 1. The van der Waals surface area contributed by atoms with Crippen molar-refractivity contribution in [1.82, 2.24) is 9.47 Å². The molecule has 0 saturated carbocycles. The zero-order valence-electron chi connectivity index (χ0n) is 17.1. The molecule has 1 aromatic heterocycles. The van der Waals surface area contributed by atoms with E-state index in [0.717, 1.165) is 5.56 Å². The molecule has 1 amide bonds. The molecule has 29 heavy (non-hydrogen) atoms. The van der Waals surface area contributed by atoms with Crippen LogP contribution in [0.5, 0.6) is 5.75 Å². The van der Waals surface area contributed by atoms with Crippen LogP contribution in [0.15, 0.2) is 51.9 Å². The third-order valence-electron chi connectivity index (χ3n) is 4.77. The van der Waals surface area contributed by atoms with Gasteiger partial charge in [0.2, 0.25) is 0 Å². The van der Waals surface area contributed by atoms with E-state index >= 15 is 0 Å². The first-order chi connectivity index (χ1) is 13.7. The van der Waals surface area contributed by atoms with Crippen molar-refractivity contribution in [2.45, 2.75) is 51.9 Å². The van der Waals surface area contributed by atoms with Crippen LogP contribution >= 0.6 is 15.9 Å². The molecule has 2 aromatic rings. The zero-order chi connectivity index (χ0) is 21.0. The van der Waals surface area contributed by atoms with Crippen molar-refractivity contribution >= 4 is 22.0 Å². The summed E-state index contributed by atoms with van der Waals surface area (Å²) in [4.78, 5) is 26.8. The van der Waals surface area contributed by atoms with Gasteiger partial charge in [-0.1, -0.05) is 30.3 Å². The summed E-state index contributed by atoms with van der Waals surface area (Å²) in [6, 6.07) is 11.7. The molecule has 1 aliphatic rings. The van der Waals surface area contributed by atoms with Crippen LogP contribution in [0.3, 0.4) is 0 Å². The standard InChI is InChI=1S/C22H27BrN2O4/c1-22(2,3)29-21(27)24-12-9-17(10-13-24)25-14-11-18(19(23)20(25)26)28-15-16-7-5-4-6-8-16/h4-8,11,14,17H,9-10,12-13,15H2,1-3H3. The molecule has 0 bridgehead atoms. The van der Waals surface area contributed by atoms with E-state index in [1.807, 2.05) is 57.2 Å². The van der Waals surface area contributed by atoms with E-state index in [1.54, 1.807) is 15.7 Å². The van der Waals surface area contributed by atoms with Crippen LogP contribution in [0, 0.1) is 0 Å². The van der Waals surface area contributed by atoms with Gasteiger partial charge in [-0.25, -0.2) is 4.79 Å². The monoisotopic (exact) mass is 462 g/mol. The van der Waals surface area contributed by atoms with Gasteiger partial charge in [0.1, 0.15) is 22.4 Å². The topological polar surface area (TPSA) is 60.8 Å². The molecule has 1 saturated heterocycles. The molecular formula is C22H27BrN2O4. The quantitative estimate of drug-likeness (QED) is 0.656. The molecule has 6 nitrogen and oxygen atoms in total. The van der Waals surface area contributed by atoms with E-state index in [2.05, 4.69) is 15.9 Å². The Morgan fingerprint density at radius 1 is 1.14 bits per heavy atom. The minimum absolute atomic E-state index is 0.0423. The maximum atomic E-state index is 12.8. The van der Waals surface area contributed by atoms with Crippen molar-refractivity contribution in [1.29, 1.82) is 0 Å². The summed E-state index contributed by atoms with van der Waals surface area (Å²) in [6.45, 7) is 7.10. The molecule has 3 rings (SSSR count). The highest BCUT2D eigenvalue weighted by molar-refractivity contribution is 9.10. The maximum absolute atomic E-state index is 12.8. The predicted octanol–water partition coefficient (Wildman–Crippen LogP) is 4.76. The lowest BCUT2D eigenvalue weighted by molar-refractivity contribution is 0.0187. The number of piperidine rings is 1. The molecule has 0 N–H and O–H groups in total. The average Bonchev–Trinajstić information content (AvgIpc) is 2.69. The lowest BCUT2D eigenvalue weighted by Crippen LogP contribution is -2.43. The molecule has 7 heteroatoms. The number of benzene rings is 1. The summed E-state index contributed by atoms with van der Waals surface area (Å²) in [5, 5.41) is 0. The van der Waals surface area contributed by atoms with Gasteiger partial charge in [0.15, 0.2) is 0 Å². The van der Waals surface area contributed by atoms with Gasteiger partial charge in [0, 0.05) is 25.3 Å². The van der Waals surface area contributed by atoms with Gasteiger partial charge in [-0.3, -0.25) is 4.79 Å². The van der Waals surface area contributed by atoms with Crippen LogP contribution in [0.25, 0.3) is 0 Å². The number of ether oxygens (including phenoxy) is 2. The number of pyridine rings is 1. The average molecular weight is 463 g/mol. The molecule has 2 heterocycles. The molecular weight excluding hydrogens is 436 g/mol. The second-order valence-electron chi connectivity index (χ2n) is 8.18. The first kappa shape index (κ1) is 21.4. The Morgan fingerprint density at radius 2 is 1.79 bits per heavy atom. The second kappa shape index (κ2) is 9.03. The van der Waals surface area contributed by atoms with Gasteiger partial charge in [0.25, 0.3) is 5.56 Å². The molecule has 0 radical (unpaired) electrons. The van der Waals surface area contributed by atoms with Gasteiger partial charge < -0.3 is 18.9 Å². The number of halogens is 1. The van der Waals surface area contributed by atoms with Gasteiger partial charge in [-0.15, -0.1) is 0 Å². The van der Waals surface area contributed by atoms with Crippen LogP contribution in [-0.2, 0) is 11.3 Å². The van der Waals surface area contributed by atoms with E-state index in [0.29, 0.717) is 42.8 Å². The SMILES string of the molecule is CC(C)(C)OC(=O)N1CCC(n2ccc(OCc3ccccc3)c(Br)c2=O)CC1. The molecule has 1 aromatic carbocycles. The molecule has 1 aliphatic heterocycles. The highest BCUT2D eigenvalue weighted by atomic mass is 79.9. The summed E-state index contributed by atoms with van der Waals surface area (Å²) in [6.07, 6.45) is 2.89. The fourth-order valence-electron chi connectivity index (χ4n) is 3.30. The summed E-state index contributed by atoms with van der Waals surface area (Å²) in [5.41, 5.74) is 0.412. The third-order valence-corrected chi connectivity index (χ3v) is 5.50. The number of hydrogen-bond acceptors (Lipinski definition) is 4. The smallest absolute Gasteiger partial charge is 0.410 e. The first-order valence-corrected chi connectivity index (χ1v) is 10.6. The Balaban J connectivity index is 1.63. The Morgan fingerprint density at radius 3 is 2.41 bits per heavy atom. The number of rotatable bonds is 4. The van der Waals surface area contributed by atoms with E-state index in [1.165, 1.54) is 0 Å². The number of carbonyl (C=O) groups is 1. The Kier molecular flexibility index (Phi) is 6.67. The zero-order valence-corrected chi connectivity index (χ0v) is 18.6. The van der Waals surface area contributed by atoms with E-state index < -0.39 is 5.60 Å². The van der Waals surface area contributed by atoms with Crippen molar-refractivity contribution in [2.24, 2.45) is 0 Å². The van der Waals surface area contributed by atoms with Gasteiger partial charge in [0.05, 0.1) is 0 Å². The summed E-state index contributed by atoms with van der Waals surface area (Å²) >= 11 is 3.40. The van der Waals surface area contributed by atoms with Crippen LogP contribution in [0.2, 0.25) is 0 Å². The van der Waals surface area contributed by atoms with Crippen LogP contribution in [0.4, 0.5) is 4.79 Å². The lowest BCUT2D eigenvalue weighted by atomic mass is 10.0. The van der Waals surface area contributed by atoms with Crippen molar-refractivity contribution in [3.63, 3.8) is 0 Å². The molecule has 0 unspecified atom stereocenters. The normalized spacial score (nSPS) is 15.2. The largest absolute Gasteiger partial charge is 0.487 e. The number of nitrogens with zero attached hydrogens (tertiary/aromatic N) is 2. The number of amides is 1. The number of aromatic nitrogens is 1. The van der Waals surface area contributed by atoms with Crippen LogP contribution < -0.4 is 10.3 Å². The van der Waals surface area contributed by atoms with Gasteiger partial charge >= 0.3 is 6.09 Å². The van der Waals surface area contributed by atoms with E-state index in [9.17, 15) is 9.59 Å². The molecule has 0 aliphatic carbocycles. The lowest BCUT2D eigenvalue weighted by Gasteiger charge is -2.34. The van der Waals surface area contributed by atoms with E-state index in [-0.39, 0.29) is 17.7 Å². The maximum Gasteiger partial charge on any atom is 0.410 e. The summed E-state index contributed by atoms with van der Waals surface area (Å²) in [7, 11) is 0. The van der Waals surface area contributed by atoms with Crippen molar-refractivity contribution in [3.05, 3.63) is 63.0 Å². The Bertz CT molecular complexity index is 897. The fourth-order valence-corrected chi connectivity index (χ4v) is 3.75. The van der Waals surface area contributed by atoms with Gasteiger partial charge in [-0.05, 0) is 61.2 Å². The number of likely N-dealkylation sites (tertiary alicyclic amines) is 1. The molecule has 1 fully saturated rings. The van der Waals surface area contributed by atoms with Crippen LogP contribution in [-0.4, -0.2) is 34.3 Å². The van der Waals surface area contributed by atoms with Crippen molar-refractivity contribution < 1.29 is 14.3 Å². The van der Waals surface area contributed by atoms with Crippen molar-refractivity contribution in [2.75, 3.05) is 13.1 Å². The Hall–Kier alpha value is -2.28. The second-order valence-corrected chi connectivity index (χ2v) is 8.97. The van der Waals surface area contributed by atoms with Crippen LogP contribution in [0.1, 0.15) is 45.2 Å². The number of hydrogen-bond donors (Lipinski definition) is 0. The minimum Gasteiger partial charge on any atom is -0.487 e. The molecule has 156 valence electrons. The summed E-state index contributed by atoms with van der Waals surface area (Å²) < 4.78 is 13.4. The highest BCUT2D eigenvalue weighted by Crippen LogP contribution is 2.27. The summed E-state index contributed by atoms with van der Waals surface area (Å²) in [5.74, 6) is 0.529. The Labute approximate surface area is 179 Å². The third kappa shape index (κ3) is 5.63.